The summed E-state index contributed by atoms with van der Waals surface area (Å²) in [6, 6.07) is 0. The number of morpholine rings is 1. The van der Waals surface area contributed by atoms with E-state index in [1.807, 2.05) is 6.92 Å². The standard InChI is InChI=1S/C12H19N3O3/c1-8-4-15(5-10(7-16)17-8)6-11-13-12(14-18-11)9-2-3-9/h8-10,16H,2-7H2,1H3. The fourth-order valence-electron chi connectivity index (χ4n) is 2.40. The first kappa shape index (κ1) is 12.1. The van der Waals surface area contributed by atoms with E-state index in [1.165, 1.54) is 12.8 Å². The van der Waals surface area contributed by atoms with Crippen molar-refractivity contribution in [1.82, 2.24) is 15.0 Å². The number of hydrogen-bond donors (Lipinski definition) is 1. The topological polar surface area (TPSA) is 71.6 Å². The molecule has 2 atom stereocenters. The molecular weight excluding hydrogens is 234 g/mol. The van der Waals surface area contributed by atoms with Crippen molar-refractivity contribution in [2.75, 3.05) is 19.7 Å². The third-order valence-electron chi connectivity index (χ3n) is 3.39. The molecule has 2 unspecified atom stereocenters. The van der Waals surface area contributed by atoms with Gasteiger partial charge in [-0.25, -0.2) is 0 Å². The Morgan fingerprint density at radius 1 is 1.39 bits per heavy atom. The Balaban J connectivity index is 1.60. The number of hydrogen-bond acceptors (Lipinski definition) is 6. The van der Waals surface area contributed by atoms with Gasteiger partial charge in [-0.3, -0.25) is 4.90 Å². The van der Waals surface area contributed by atoms with Gasteiger partial charge in [0, 0.05) is 19.0 Å². The van der Waals surface area contributed by atoms with Crippen molar-refractivity contribution in [3.8, 4) is 0 Å². The molecule has 18 heavy (non-hydrogen) atoms. The van der Waals surface area contributed by atoms with Gasteiger partial charge in [-0.2, -0.15) is 4.98 Å². The first-order valence-electron chi connectivity index (χ1n) is 6.55. The van der Waals surface area contributed by atoms with Gasteiger partial charge in [0.15, 0.2) is 5.82 Å². The highest BCUT2D eigenvalue weighted by atomic mass is 16.5. The van der Waals surface area contributed by atoms with Crippen LogP contribution in [0, 0.1) is 0 Å². The lowest BCUT2D eigenvalue weighted by Gasteiger charge is -2.35. The van der Waals surface area contributed by atoms with E-state index in [-0.39, 0.29) is 18.8 Å². The van der Waals surface area contributed by atoms with Crippen molar-refractivity contribution in [2.24, 2.45) is 0 Å². The molecule has 0 radical (unpaired) electrons. The molecule has 2 fully saturated rings. The molecular formula is C12H19N3O3. The Morgan fingerprint density at radius 2 is 2.22 bits per heavy atom. The molecule has 1 saturated carbocycles. The van der Waals surface area contributed by atoms with Crippen LogP contribution >= 0.6 is 0 Å². The maximum Gasteiger partial charge on any atom is 0.240 e. The summed E-state index contributed by atoms with van der Waals surface area (Å²) < 4.78 is 10.9. The number of aliphatic hydroxyl groups is 1. The minimum absolute atomic E-state index is 0.0536. The van der Waals surface area contributed by atoms with E-state index in [2.05, 4.69) is 15.0 Å². The smallest absolute Gasteiger partial charge is 0.240 e. The predicted octanol–water partition coefficient (Wildman–Crippen LogP) is 0.529. The highest BCUT2D eigenvalue weighted by molar-refractivity contribution is 5.03. The van der Waals surface area contributed by atoms with Crippen LogP contribution in [0.2, 0.25) is 0 Å². The summed E-state index contributed by atoms with van der Waals surface area (Å²) in [5.41, 5.74) is 0. The van der Waals surface area contributed by atoms with E-state index in [1.54, 1.807) is 0 Å². The number of aliphatic hydroxyl groups excluding tert-OH is 1. The molecule has 6 nitrogen and oxygen atoms in total. The van der Waals surface area contributed by atoms with Crippen molar-refractivity contribution in [3.05, 3.63) is 11.7 Å². The molecule has 1 saturated heterocycles. The zero-order chi connectivity index (χ0) is 12.5. The van der Waals surface area contributed by atoms with Crippen molar-refractivity contribution in [3.63, 3.8) is 0 Å². The third-order valence-corrected chi connectivity index (χ3v) is 3.39. The molecule has 0 bridgehead atoms. The quantitative estimate of drug-likeness (QED) is 0.844. The molecule has 1 aromatic rings. The van der Waals surface area contributed by atoms with Gasteiger partial charge < -0.3 is 14.4 Å². The lowest BCUT2D eigenvalue weighted by Crippen LogP contribution is -2.47. The lowest BCUT2D eigenvalue weighted by atomic mass is 10.2. The maximum absolute atomic E-state index is 9.17. The highest BCUT2D eigenvalue weighted by Crippen LogP contribution is 2.38. The summed E-state index contributed by atoms with van der Waals surface area (Å²) >= 11 is 0. The SMILES string of the molecule is CC1CN(Cc2nc(C3CC3)no2)CC(CO)O1. The second-order valence-electron chi connectivity index (χ2n) is 5.27. The van der Waals surface area contributed by atoms with Crippen LogP contribution in [0.4, 0.5) is 0 Å². The molecule has 2 aliphatic rings. The fourth-order valence-corrected chi connectivity index (χ4v) is 2.40. The Morgan fingerprint density at radius 3 is 2.94 bits per heavy atom. The molecule has 1 aliphatic heterocycles. The van der Waals surface area contributed by atoms with Crippen molar-refractivity contribution >= 4 is 0 Å². The van der Waals surface area contributed by atoms with Crippen LogP contribution < -0.4 is 0 Å². The molecule has 1 aliphatic carbocycles. The molecule has 100 valence electrons. The second-order valence-corrected chi connectivity index (χ2v) is 5.27. The predicted molar refractivity (Wildman–Crippen MR) is 63.0 cm³/mol. The van der Waals surface area contributed by atoms with Crippen LogP contribution in [0.1, 0.15) is 37.4 Å². The Bertz CT molecular complexity index is 405. The van der Waals surface area contributed by atoms with Crippen LogP contribution in [-0.4, -0.2) is 52.1 Å². The lowest BCUT2D eigenvalue weighted by molar-refractivity contribution is -0.0988. The van der Waals surface area contributed by atoms with E-state index in [0.29, 0.717) is 24.9 Å². The first-order valence-corrected chi connectivity index (χ1v) is 6.55. The van der Waals surface area contributed by atoms with E-state index < -0.39 is 0 Å². The molecule has 6 heteroatoms. The zero-order valence-electron chi connectivity index (χ0n) is 10.6. The van der Waals surface area contributed by atoms with Gasteiger partial charge in [0.05, 0.1) is 25.4 Å². The summed E-state index contributed by atoms with van der Waals surface area (Å²) in [6.45, 7) is 4.25. The van der Waals surface area contributed by atoms with E-state index in [0.717, 1.165) is 12.4 Å². The van der Waals surface area contributed by atoms with Gasteiger partial charge in [0.25, 0.3) is 0 Å². The van der Waals surface area contributed by atoms with Gasteiger partial charge >= 0.3 is 0 Å². The summed E-state index contributed by atoms with van der Waals surface area (Å²) in [7, 11) is 0. The Kier molecular flexibility index (Phi) is 3.32. The van der Waals surface area contributed by atoms with Crippen LogP contribution in [0.3, 0.4) is 0 Å². The minimum atomic E-state index is -0.112. The molecule has 0 amide bonds. The van der Waals surface area contributed by atoms with Crippen molar-refractivity contribution in [2.45, 2.75) is 44.4 Å². The average molecular weight is 253 g/mol. The monoisotopic (exact) mass is 253 g/mol. The van der Waals surface area contributed by atoms with E-state index >= 15 is 0 Å². The number of rotatable bonds is 4. The molecule has 0 aromatic carbocycles. The van der Waals surface area contributed by atoms with Crippen molar-refractivity contribution < 1.29 is 14.4 Å². The van der Waals surface area contributed by atoms with Crippen LogP contribution in [0.5, 0.6) is 0 Å². The van der Waals surface area contributed by atoms with Gasteiger partial charge in [-0.15, -0.1) is 0 Å². The second kappa shape index (κ2) is 4.95. The van der Waals surface area contributed by atoms with Crippen LogP contribution in [0.25, 0.3) is 0 Å². The largest absolute Gasteiger partial charge is 0.394 e. The van der Waals surface area contributed by atoms with Crippen LogP contribution in [0.15, 0.2) is 4.52 Å². The summed E-state index contributed by atoms with van der Waals surface area (Å²) in [5.74, 6) is 2.05. The van der Waals surface area contributed by atoms with Gasteiger partial charge in [-0.05, 0) is 19.8 Å². The molecule has 1 N–H and O–H groups in total. The highest BCUT2D eigenvalue weighted by Gasteiger charge is 2.30. The van der Waals surface area contributed by atoms with Gasteiger partial charge in [-0.1, -0.05) is 5.16 Å². The van der Waals surface area contributed by atoms with Crippen LogP contribution in [-0.2, 0) is 11.3 Å². The Labute approximate surface area is 106 Å². The first-order chi connectivity index (χ1) is 8.74. The number of ether oxygens (including phenoxy) is 1. The number of aromatic nitrogens is 2. The molecule has 3 rings (SSSR count). The Hall–Kier alpha value is -0.980. The van der Waals surface area contributed by atoms with Gasteiger partial charge in [0.1, 0.15) is 0 Å². The normalized spacial score (nSPS) is 29.7. The molecule has 0 spiro atoms. The number of nitrogens with zero attached hydrogens (tertiary/aromatic N) is 3. The minimum Gasteiger partial charge on any atom is -0.394 e. The van der Waals surface area contributed by atoms with Gasteiger partial charge in [0.2, 0.25) is 5.89 Å². The van der Waals surface area contributed by atoms with E-state index in [4.69, 9.17) is 9.26 Å². The zero-order valence-corrected chi connectivity index (χ0v) is 10.6. The van der Waals surface area contributed by atoms with E-state index in [9.17, 15) is 5.11 Å². The van der Waals surface area contributed by atoms with Crippen molar-refractivity contribution in [1.29, 1.82) is 0 Å². The maximum atomic E-state index is 9.17. The summed E-state index contributed by atoms with van der Waals surface area (Å²) in [4.78, 5) is 6.61. The third kappa shape index (κ3) is 2.71. The summed E-state index contributed by atoms with van der Waals surface area (Å²) in [6.07, 6.45) is 2.38. The average Bonchev–Trinajstić information content (AvgIpc) is 3.10. The fraction of sp³-hybridized carbons (Fsp3) is 0.833. The molecule has 1 aromatic heterocycles. The molecule has 2 heterocycles. The summed E-state index contributed by atoms with van der Waals surface area (Å²) in [5, 5.41) is 13.2.